The molecule has 14 heteroatoms. The Balaban J connectivity index is 1.21. The van der Waals surface area contributed by atoms with Crippen LogP contribution in [0.25, 0.3) is 22.4 Å². The third-order valence-electron chi connectivity index (χ3n) is 8.20. The second kappa shape index (κ2) is 12.0. The zero-order valence-corrected chi connectivity index (χ0v) is 23.5. The number of piperidine rings is 1. The summed E-state index contributed by atoms with van der Waals surface area (Å²) < 4.78 is 69.4. The van der Waals surface area contributed by atoms with E-state index in [9.17, 15) is 22.4 Å². The summed E-state index contributed by atoms with van der Waals surface area (Å²) in [4.78, 5) is 17.1. The van der Waals surface area contributed by atoms with Crippen LogP contribution in [0.2, 0.25) is 0 Å². The van der Waals surface area contributed by atoms with Gasteiger partial charge in [0.1, 0.15) is 12.7 Å². The average molecular weight is 604 g/mol. The van der Waals surface area contributed by atoms with E-state index in [1.54, 1.807) is 43.6 Å². The Morgan fingerprint density at radius 1 is 1.23 bits per heavy atom. The summed E-state index contributed by atoms with van der Waals surface area (Å²) in [6, 6.07) is 7.80. The fourth-order valence-corrected chi connectivity index (χ4v) is 6.08. The second-order valence-corrected chi connectivity index (χ2v) is 11.0. The van der Waals surface area contributed by atoms with E-state index in [1.807, 2.05) is 10.8 Å². The van der Waals surface area contributed by atoms with Crippen LogP contribution in [0, 0.1) is 0 Å². The van der Waals surface area contributed by atoms with Gasteiger partial charge in [0, 0.05) is 37.1 Å². The number of methoxy groups -OCH3 is 1. The van der Waals surface area contributed by atoms with Crippen molar-refractivity contribution in [3.63, 3.8) is 0 Å². The molecule has 1 amide bonds. The van der Waals surface area contributed by atoms with Gasteiger partial charge >= 0.3 is 6.18 Å². The van der Waals surface area contributed by atoms with Crippen molar-refractivity contribution in [2.75, 3.05) is 25.5 Å². The number of alkyl halides is 4. The van der Waals surface area contributed by atoms with Gasteiger partial charge < -0.3 is 34.3 Å². The number of halogens is 4. The molecule has 1 aliphatic heterocycles. The molecule has 4 aromatic rings. The molecule has 0 radical (unpaired) electrons. The number of hydrogen-bond donors (Lipinski definition) is 3. The molecule has 4 atom stereocenters. The van der Waals surface area contributed by atoms with Crippen molar-refractivity contribution in [1.82, 2.24) is 29.9 Å². The molecule has 0 spiro atoms. The molecule has 2 aliphatic rings. The quantitative estimate of drug-likeness (QED) is 0.235. The molecule has 43 heavy (non-hydrogen) atoms. The summed E-state index contributed by atoms with van der Waals surface area (Å²) in [6.07, 6.45) is 1.44. The van der Waals surface area contributed by atoms with Crippen LogP contribution < -0.4 is 16.0 Å². The third kappa shape index (κ3) is 6.25. The number of fused-ring (bicyclic) bond motifs is 1. The highest BCUT2D eigenvalue weighted by molar-refractivity contribution is 5.96. The Labute approximate surface area is 244 Å². The van der Waals surface area contributed by atoms with Crippen LogP contribution >= 0.6 is 0 Å². The van der Waals surface area contributed by atoms with Gasteiger partial charge in [0.25, 0.3) is 5.91 Å². The zero-order valence-electron chi connectivity index (χ0n) is 23.5. The molecule has 4 heterocycles. The molecular formula is C29H33F4N7O3. The number of aromatic nitrogens is 4. The molecule has 0 unspecified atom stereocenters. The number of carbonyl (C=O) groups is 1. The number of rotatable bonds is 9. The van der Waals surface area contributed by atoms with E-state index in [0.29, 0.717) is 41.7 Å². The van der Waals surface area contributed by atoms with E-state index in [4.69, 9.17) is 9.26 Å². The van der Waals surface area contributed by atoms with E-state index in [-0.39, 0.29) is 42.0 Å². The van der Waals surface area contributed by atoms with Gasteiger partial charge in [0.2, 0.25) is 11.7 Å². The van der Waals surface area contributed by atoms with Crippen LogP contribution in [0.4, 0.5) is 23.2 Å². The first-order valence-corrected chi connectivity index (χ1v) is 14.3. The lowest BCUT2D eigenvalue weighted by Crippen LogP contribution is -2.46. The Morgan fingerprint density at radius 3 is 2.88 bits per heavy atom. The number of ether oxygens (including phenoxy) is 1. The van der Waals surface area contributed by atoms with Crippen LogP contribution in [-0.2, 0) is 17.8 Å². The summed E-state index contributed by atoms with van der Waals surface area (Å²) in [5.74, 6) is -0.374. The fourth-order valence-electron chi connectivity index (χ4n) is 6.08. The van der Waals surface area contributed by atoms with Gasteiger partial charge in [-0.1, -0.05) is 11.2 Å². The van der Waals surface area contributed by atoms with Crippen LogP contribution in [0.15, 0.2) is 47.2 Å². The van der Waals surface area contributed by atoms with Crippen molar-refractivity contribution in [1.29, 1.82) is 0 Å². The van der Waals surface area contributed by atoms with E-state index >= 15 is 0 Å². The molecule has 0 bridgehead atoms. The fraction of sp³-hybridized carbons (Fsp3) is 0.483. The first kappa shape index (κ1) is 29.2. The Kier molecular flexibility index (Phi) is 8.14. The van der Waals surface area contributed by atoms with E-state index in [1.165, 1.54) is 0 Å². The molecule has 1 saturated carbocycles. The standard InChI is InChI=1S/C29H33F4N7O3/c1-42-25-7-3-6-23(25)39-11-9-17(15-39)28(41)35-14-26-37-27(38-43-26)24-12-18-20(36-21-13-34-10-8-19(21)30)4-2-5-22(18)40(24)16-29(31,32)33/h2,4-5,9,11-12,15,19,21,23,25,34,36H,3,6-8,10,13-14,16H2,1H3,(H,35,41)/t19-,21+,23+,25+/m0/s1. The maximum Gasteiger partial charge on any atom is 0.406 e. The van der Waals surface area contributed by atoms with Crippen molar-refractivity contribution in [2.45, 2.75) is 69.3 Å². The molecule has 6 rings (SSSR count). The van der Waals surface area contributed by atoms with Gasteiger partial charge in [-0.25, -0.2) is 4.39 Å². The number of nitrogens with zero attached hydrogens (tertiary/aromatic N) is 4. The minimum absolute atomic E-state index is 0.0359. The summed E-state index contributed by atoms with van der Waals surface area (Å²) in [5.41, 5.74) is 1.34. The third-order valence-corrected chi connectivity index (χ3v) is 8.20. The van der Waals surface area contributed by atoms with Gasteiger partial charge in [0.15, 0.2) is 0 Å². The molecule has 1 saturated heterocycles. The maximum absolute atomic E-state index is 14.5. The zero-order chi connectivity index (χ0) is 30.1. The van der Waals surface area contributed by atoms with Gasteiger partial charge in [-0.2, -0.15) is 18.2 Å². The smallest absolute Gasteiger partial charge is 0.379 e. The molecule has 3 N–H and O–H groups in total. The Bertz CT molecular complexity index is 1580. The lowest BCUT2D eigenvalue weighted by atomic mass is 10.0. The number of anilines is 1. The van der Waals surface area contributed by atoms with Crippen LogP contribution in [-0.4, -0.2) is 69.9 Å². The lowest BCUT2D eigenvalue weighted by molar-refractivity contribution is -0.139. The highest BCUT2D eigenvalue weighted by atomic mass is 19.4. The summed E-state index contributed by atoms with van der Waals surface area (Å²) in [6.45, 7) is -0.431. The maximum atomic E-state index is 14.5. The number of hydrogen-bond acceptors (Lipinski definition) is 7. The number of carbonyl (C=O) groups excluding carboxylic acids is 1. The van der Waals surface area contributed by atoms with E-state index in [2.05, 4.69) is 26.1 Å². The van der Waals surface area contributed by atoms with Crippen LogP contribution in [0.1, 0.15) is 48.0 Å². The molecule has 2 fully saturated rings. The first-order chi connectivity index (χ1) is 20.7. The van der Waals surface area contributed by atoms with Gasteiger partial charge in [-0.15, -0.1) is 0 Å². The highest BCUT2D eigenvalue weighted by Gasteiger charge is 2.32. The predicted molar refractivity (Wildman–Crippen MR) is 150 cm³/mol. The summed E-state index contributed by atoms with van der Waals surface area (Å²) in [7, 11) is 1.69. The molecule has 10 nitrogen and oxygen atoms in total. The van der Waals surface area contributed by atoms with E-state index in [0.717, 1.165) is 23.8 Å². The number of benzene rings is 1. The van der Waals surface area contributed by atoms with Crippen LogP contribution in [0.3, 0.4) is 0 Å². The van der Waals surface area contributed by atoms with Crippen molar-refractivity contribution >= 4 is 22.5 Å². The second-order valence-electron chi connectivity index (χ2n) is 11.0. The highest BCUT2D eigenvalue weighted by Crippen LogP contribution is 2.35. The van der Waals surface area contributed by atoms with Crippen molar-refractivity contribution in [2.24, 2.45) is 0 Å². The molecule has 1 aliphatic carbocycles. The largest absolute Gasteiger partial charge is 0.406 e. The van der Waals surface area contributed by atoms with Gasteiger partial charge in [-0.3, -0.25) is 4.79 Å². The van der Waals surface area contributed by atoms with Crippen molar-refractivity contribution < 1.29 is 31.6 Å². The minimum atomic E-state index is -4.53. The molecule has 3 aromatic heterocycles. The Morgan fingerprint density at radius 2 is 2.09 bits per heavy atom. The first-order valence-electron chi connectivity index (χ1n) is 14.3. The lowest BCUT2D eigenvalue weighted by Gasteiger charge is -2.28. The van der Waals surface area contributed by atoms with Crippen molar-refractivity contribution in [3.8, 4) is 11.5 Å². The van der Waals surface area contributed by atoms with Crippen molar-refractivity contribution in [3.05, 3.63) is 54.2 Å². The molecular weight excluding hydrogens is 570 g/mol. The number of nitrogens with one attached hydrogen (secondary N) is 3. The van der Waals surface area contributed by atoms with Gasteiger partial charge in [-0.05, 0) is 56.5 Å². The van der Waals surface area contributed by atoms with E-state index < -0.39 is 24.9 Å². The molecule has 1 aromatic carbocycles. The predicted octanol–water partition coefficient (Wildman–Crippen LogP) is 4.84. The average Bonchev–Trinajstić information content (AvgIpc) is 3.78. The Hall–Kier alpha value is -3.91. The topological polar surface area (TPSA) is 111 Å². The van der Waals surface area contributed by atoms with Crippen LogP contribution in [0.5, 0.6) is 0 Å². The summed E-state index contributed by atoms with van der Waals surface area (Å²) >= 11 is 0. The normalized spacial score (nSPS) is 22.7. The number of amides is 1. The minimum Gasteiger partial charge on any atom is -0.379 e. The monoisotopic (exact) mass is 603 g/mol. The molecule has 230 valence electrons. The van der Waals surface area contributed by atoms with Gasteiger partial charge in [0.05, 0.1) is 41.5 Å². The summed E-state index contributed by atoms with van der Waals surface area (Å²) in [5, 5.41) is 13.4. The SMILES string of the molecule is CO[C@@H]1CCC[C@H]1n1ccc(C(=O)NCc2nc(-c3cc4c(N[C@@H]5CNCC[C@@H]5F)cccc4n3CC(F)(F)F)no2)c1.